The molecule has 98 heavy (non-hydrogen) atoms. The van der Waals surface area contributed by atoms with Crippen molar-refractivity contribution < 1.29 is 81.3 Å². The first-order valence-corrected chi connectivity index (χ1v) is 31.6. The van der Waals surface area contributed by atoms with E-state index in [1.54, 1.807) is 38.1 Å². The number of amides is 10. The van der Waals surface area contributed by atoms with Gasteiger partial charge in [-0.05, 0) is 159 Å². The second-order valence-corrected chi connectivity index (χ2v) is 30.6. The molecular weight excluding hydrogens is 1280 g/mol. The zero-order valence-corrected chi connectivity index (χ0v) is 60.5. The Labute approximate surface area is 569 Å². The summed E-state index contributed by atoms with van der Waals surface area (Å²) >= 11 is 0. The van der Waals surface area contributed by atoms with E-state index in [4.69, 9.17) is 29.2 Å². The zero-order valence-electron chi connectivity index (χ0n) is 60.5. The Morgan fingerprint density at radius 3 is 1.18 bits per heavy atom. The standard InChI is InChI=1S/C63H100BN16O18/c1-53(2,67-29-32-27-25-26-28-33(32)64(95-24)97-36-34(30-81)96-40(37(36)98-64)80-31-66-35-38(80)68-52(65)69-39(35)82)41(83)70-54(3,4)42(84)71-55(5,6)43(85)72-56(7,8)44(86)73-57(9,10)45(87)74-58(11,12)46(88)75-59(13,14)47(89)76-60(15,16)48(90)77-61(17,18)49(91)78-62(19,20)50(92)79-63(21,22)51(93)94-23/h25-28,31,34,36-37,40,67,81H,29-30H2,1-24H3,(H,70,83)(H,71,84)(H,72,85)(H,73,86)(H,74,87)(H,75,88)(H,76,89)(H,77,90)(H,78,91)(H,79,92)(H3,65,68,69,82)/q-1/t34-,36-,37-,40-,64-/m1/s1/i21+1/t34-,36-,37-,40-,63+,64-. The number of rotatable bonds is 28. The average molecular weight is 1380 g/mol. The summed E-state index contributed by atoms with van der Waals surface area (Å²) in [4.78, 5) is 174. The number of hydrogen-bond donors (Lipinski definition) is 14. The van der Waals surface area contributed by atoms with Gasteiger partial charge in [-0.25, -0.2) is 9.78 Å². The molecule has 2 aromatic heterocycles. The van der Waals surface area contributed by atoms with Crippen molar-refractivity contribution in [1.29, 1.82) is 0 Å². The molecule has 0 aliphatic carbocycles. The average Bonchev–Trinajstić information content (AvgIpc) is 1.57. The van der Waals surface area contributed by atoms with Crippen LogP contribution in [-0.2, 0) is 82.7 Å². The summed E-state index contributed by atoms with van der Waals surface area (Å²) in [5.74, 6) is -8.88. The lowest BCUT2D eigenvalue weighted by atomic mass is 9.67. The van der Waals surface area contributed by atoms with Crippen LogP contribution >= 0.6 is 0 Å². The summed E-state index contributed by atoms with van der Waals surface area (Å²) in [5.41, 5.74) is -11.7. The van der Waals surface area contributed by atoms with Crippen LogP contribution in [0.25, 0.3) is 11.2 Å². The number of nitrogens with zero attached hydrogens (tertiary/aromatic N) is 3. The van der Waals surface area contributed by atoms with Gasteiger partial charge in [0.2, 0.25) is 65.0 Å². The van der Waals surface area contributed by atoms with Gasteiger partial charge in [-0.1, -0.05) is 29.8 Å². The van der Waals surface area contributed by atoms with Crippen molar-refractivity contribution in [3.8, 4) is 0 Å². The molecule has 15 N–H and O–H groups in total. The predicted molar refractivity (Wildman–Crippen MR) is 357 cm³/mol. The maximum Gasteiger partial charge on any atom is 0.410 e. The number of aromatic amines is 1. The van der Waals surface area contributed by atoms with Crippen LogP contribution in [-0.4, -0.2) is 196 Å². The van der Waals surface area contributed by atoms with Crippen molar-refractivity contribution >= 4 is 94.4 Å². The molecule has 2 aliphatic rings. The molecular formula is C63H100BN16O18-. The highest BCUT2D eigenvalue weighted by atomic mass is 16.8. The molecule has 10 amide bonds. The van der Waals surface area contributed by atoms with Crippen LogP contribution in [0.1, 0.15) is 164 Å². The number of hydrogen-bond acceptors (Lipinski definition) is 22. The lowest BCUT2D eigenvalue weighted by molar-refractivity contribution is -0.150. The Balaban J connectivity index is 1.14. The summed E-state index contributed by atoms with van der Waals surface area (Å²) in [7, 11) is 2.56. The third-order valence-corrected chi connectivity index (χ3v) is 17.0. The number of anilines is 1. The number of H-pyrrole nitrogens is 1. The molecule has 2 aliphatic heterocycles. The second kappa shape index (κ2) is 27.9. The second-order valence-electron chi connectivity index (χ2n) is 30.6. The predicted octanol–water partition coefficient (Wildman–Crippen LogP) is -2.14. The summed E-state index contributed by atoms with van der Waals surface area (Å²) in [6, 6.07) is 7.00. The normalized spacial score (nSPS) is 19.4. The number of fused-ring (bicyclic) bond motifs is 2. The van der Waals surface area contributed by atoms with E-state index >= 15 is 0 Å². The number of carbonyl (C=O) groups is 11. The summed E-state index contributed by atoms with van der Waals surface area (Å²) in [6.45, 7) is 27.4. The topological polar surface area (TPSA) is 476 Å². The molecule has 0 unspecified atom stereocenters. The van der Waals surface area contributed by atoms with E-state index < -0.39 is 169 Å². The highest BCUT2D eigenvalue weighted by Crippen LogP contribution is 2.43. The molecule has 0 radical (unpaired) electrons. The Kier molecular flexibility index (Phi) is 22.8. The molecule has 4 heterocycles. The number of esters is 1. The van der Waals surface area contributed by atoms with Crippen LogP contribution in [0.3, 0.4) is 0 Å². The Morgan fingerprint density at radius 1 is 0.520 bits per heavy atom. The van der Waals surface area contributed by atoms with Gasteiger partial charge in [0, 0.05) is 6.54 Å². The Morgan fingerprint density at radius 2 is 0.847 bits per heavy atom. The molecule has 3 aromatic rings. The molecule has 544 valence electrons. The number of aliphatic hydroxyl groups excluding tert-OH is 1. The number of nitrogens with two attached hydrogens (primary N) is 1. The minimum absolute atomic E-state index is 0.00208. The third kappa shape index (κ3) is 17.6. The van der Waals surface area contributed by atoms with E-state index in [-0.39, 0.29) is 23.7 Å². The monoisotopic (exact) mass is 1380 g/mol. The van der Waals surface area contributed by atoms with E-state index in [1.165, 1.54) is 156 Å². The van der Waals surface area contributed by atoms with Gasteiger partial charge in [0.25, 0.3) is 5.56 Å². The third-order valence-electron chi connectivity index (χ3n) is 17.0. The number of nitrogen functional groups attached to an aromatic ring is 1. The molecule has 0 saturated carbocycles. The number of nitrogens with one attached hydrogen (secondary N) is 12. The molecule has 2 fully saturated rings. The maximum absolute atomic E-state index is 14.1. The highest BCUT2D eigenvalue weighted by molar-refractivity contribution is 6.76. The van der Waals surface area contributed by atoms with Gasteiger partial charge in [-0.3, -0.25) is 67.6 Å². The number of benzene rings is 1. The molecule has 35 heteroatoms. The fourth-order valence-electron chi connectivity index (χ4n) is 10.0. The Hall–Kier alpha value is -8.64. The van der Waals surface area contributed by atoms with Gasteiger partial charge in [-0.15, -0.1) is 5.46 Å². The summed E-state index contributed by atoms with van der Waals surface area (Å²) in [5, 5.41) is 39.6. The van der Waals surface area contributed by atoms with E-state index in [2.05, 4.69) is 73.4 Å². The largest absolute Gasteiger partial charge is 0.543 e. The van der Waals surface area contributed by atoms with Crippen molar-refractivity contribution in [1.82, 2.24) is 78.0 Å². The molecule has 5 rings (SSSR count). The van der Waals surface area contributed by atoms with Crippen LogP contribution in [0, 0.1) is 0 Å². The molecule has 0 bridgehead atoms. The SMILES string of the molecule is COC(=O)[C@@](C)([13CH3])NC(=O)C(C)(C)NC(=O)C(C)(C)NC(=O)C(C)(C)NC(=O)C(C)(C)NC(=O)C(C)(C)NC(=O)C(C)(C)NC(=O)C(C)(C)NC(=O)C(C)(C)NC(=O)C(C)(C)NC(=O)C(C)(C)NCc1ccccc1[B@-]1(OC)O[C@@H]2[C@H](O1)[C@@H](CO)O[C@H]2n1cnc2c(=O)[nH]c(N)nc21. The maximum atomic E-state index is 14.1. The van der Waals surface area contributed by atoms with Crippen molar-refractivity contribution in [3.63, 3.8) is 0 Å². The fraction of sp³-hybridized carbons (Fsp3) is 0.651. The van der Waals surface area contributed by atoms with Gasteiger partial charge in [0.1, 0.15) is 61.5 Å². The van der Waals surface area contributed by atoms with Gasteiger partial charge < -0.3 is 87.4 Å². The first kappa shape index (κ1) is 80.0. The summed E-state index contributed by atoms with van der Waals surface area (Å²) in [6.07, 6.45) is -2.35. The quantitative estimate of drug-likeness (QED) is 0.0209. The zero-order chi connectivity index (χ0) is 75.1. The molecule has 1 aromatic carbocycles. The van der Waals surface area contributed by atoms with Crippen LogP contribution < -0.4 is 75.2 Å². The lowest BCUT2D eigenvalue weighted by Gasteiger charge is -2.39. The number of aromatic nitrogens is 4. The molecule has 34 nitrogen and oxygen atoms in total. The van der Waals surface area contributed by atoms with Crippen LogP contribution in [0.5, 0.6) is 0 Å². The first-order chi connectivity index (χ1) is 44.4. The first-order valence-electron chi connectivity index (χ1n) is 31.6. The summed E-state index contributed by atoms with van der Waals surface area (Å²) < 4.78 is 31.6. The van der Waals surface area contributed by atoms with Crippen molar-refractivity contribution in [2.45, 2.75) is 244 Å². The van der Waals surface area contributed by atoms with E-state index in [0.29, 0.717) is 11.0 Å². The molecule has 2 saturated heterocycles. The minimum Gasteiger partial charge on any atom is -0.543 e. The smallest absolute Gasteiger partial charge is 0.410 e. The van der Waals surface area contributed by atoms with Crippen molar-refractivity contribution in [2.75, 3.05) is 26.6 Å². The number of imidazole rings is 1. The van der Waals surface area contributed by atoms with Gasteiger partial charge in [0.15, 0.2) is 17.4 Å². The van der Waals surface area contributed by atoms with Crippen molar-refractivity contribution in [2.24, 2.45) is 0 Å². The number of ether oxygens (including phenoxy) is 2. The fourth-order valence-corrected chi connectivity index (χ4v) is 10.0. The van der Waals surface area contributed by atoms with Gasteiger partial charge in [0.05, 0.1) is 37.8 Å². The van der Waals surface area contributed by atoms with E-state index in [0.717, 1.165) is 7.11 Å². The van der Waals surface area contributed by atoms with E-state index in [9.17, 15) is 62.6 Å². The van der Waals surface area contributed by atoms with Gasteiger partial charge >= 0.3 is 12.7 Å². The number of methoxy groups -OCH3 is 1. The minimum atomic E-state index is -2.77. The molecule has 6 atom stereocenters. The number of aliphatic hydroxyl groups is 1. The van der Waals surface area contributed by atoms with Crippen LogP contribution in [0.2, 0.25) is 0 Å². The Bertz CT molecular complexity index is 3700. The highest BCUT2D eigenvalue weighted by Gasteiger charge is 2.57. The van der Waals surface area contributed by atoms with Gasteiger partial charge in [-0.2, -0.15) is 4.98 Å². The van der Waals surface area contributed by atoms with Crippen LogP contribution in [0.4, 0.5) is 5.95 Å². The molecule has 0 spiro atoms. The van der Waals surface area contributed by atoms with Crippen LogP contribution in [0.15, 0.2) is 35.4 Å². The van der Waals surface area contributed by atoms with Crippen molar-refractivity contribution in [3.05, 3.63) is 46.5 Å². The lowest BCUT2D eigenvalue weighted by Crippen LogP contribution is -2.70. The van der Waals surface area contributed by atoms with E-state index in [1.807, 2.05) is 0 Å². The number of carbonyl (C=O) groups excluding carboxylic acids is 11.